The van der Waals surface area contributed by atoms with Gasteiger partial charge in [0.1, 0.15) is 5.75 Å². The van der Waals surface area contributed by atoms with Gasteiger partial charge in [0.15, 0.2) is 0 Å². The van der Waals surface area contributed by atoms with Gasteiger partial charge in [-0.05, 0) is 24.6 Å². The lowest BCUT2D eigenvalue weighted by atomic mass is 9.94. The van der Waals surface area contributed by atoms with Crippen LogP contribution in [0.3, 0.4) is 0 Å². The van der Waals surface area contributed by atoms with Crippen LogP contribution in [-0.2, 0) is 6.42 Å². The number of fused-ring (bicyclic) bond motifs is 2. The number of aromatic nitrogens is 2. The third-order valence-electron chi connectivity index (χ3n) is 5.12. The van der Waals surface area contributed by atoms with E-state index in [0.717, 1.165) is 41.0 Å². The molecule has 28 heavy (non-hydrogen) atoms. The molecular formula is C22H26N4O2. The number of benzene rings is 2. The second-order valence-corrected chi connectivity index (χ2v) is 8.17. The molecule has 2 aromatic carbocycles. The van der Waals surface area contributed by atoms with Gasteiger partial charge in [0.25, 0.3) is 5.91 Å². The molecule has 1 aliphatic rings. The van der Waals surface area contributed by atoms with Gasteiger partial charge in [-0.2, -0.15) is 0 Å². The van der Waals surface area contributed by atoms with E-state index in [2.05, 4.69) is 48.0 Å². The maximum absolute atomic E-state index is 12.5. The quantitative estimate of drug-likeness (QED) is 0.715. The van der Waals surface area contributed by atoms with Crippen LogP contribution in [0.2, 0.25) is 0 Å². The van der Waals surface area contributed by atoms with Crippen molar-refractivity contribution >= 4 is 28.6 Å². The Balaban J connectivity index is 1.74. The number of nitrogens with zero attached hydrogens (tertiary/aromatic N) is 2. The van der Waals surface area contributed by atoms with E-state index in [1.54, 1.807) is 12.1 Å². The zero-order chi connectivity index (χ0) is 19.9. The van der Waals surface area contributed by atoms with E-state index < -0.39 is 0 Å². The molecule has 1 aromatic heterocycles. The lowest BCUT2D eigenvalue weighted by Crippen LogP contribution is -2.32. The molecule has 0 atom stereocenters. The molecule has 6 heteroatoms. The number of amides is 1. The Labute approximate surface area is 164 Å². The molecular weight excluding hydrogens is 352 g/mol. The molecule has 2 N–H and O–H groups in total. The summed E-state index contributed by atoms with van der Waals surface area (Å²) in [6.07, 6.45) is 0.808. The summed E-state index contributed by atoms with van der Waals surface area (Å²) < 4.78 is 6.25. The Hall–Kier alpha value is -3.02. The summed E-state index contributed by atoms with van der Waals surface area (Å²) in [6, 6.07) is 11.2. The van der Waals surface area contributed by atoms with Crippen molar-refractivity contribution in [2.24, 2.45) is 5.41 Å². The topological polar surface area (TPSA) is 70.2 Å². The van der Waals surface area contributed by atoms with E-state index in [4.69, 9.17) is 4.74 Å². The lowest BCUT2D eigenvalue weighted by Gasteiger charge is -2.26. The van der Waals surface area contributed by atoms with Crippen molar-refractivity contribution in [1.82, 2.24) is 9.97 Å². The van der Waals surface area contributed by atoms with Gasteiger partial charge in [-0.3, -0.25) is 10.1 Å². The van der Waals surface area contributed by atoms with E-state index >= 15 is 0 Å². The maximum atomic E-state index is 12.5. The lowest BCUT2D eigenvalue weighted by molar-refractivity contribution is 0.102. The normalized spacial score (nSPS) is 15.6. The molecule has 0 saturated heterocycles. The van der Waals surface area contributed by atoms with E-state index in [1.165, 1.54) is 0 Å². The first-order valence-electron chi connectivity index (χ1n) is 9.64. The van der Waals surface area contributed by atoms with Gasteiger partial charge in [0, 0.05) is 30.1 Å². The number of aromatic amines is 1. The molecule has 0 fully saturated rings. The number of hydrogen-bond acceptors (Lipinski definition) is 4. The zero-order valence-electron chi connectivity index (χ0n) is 16.8. The number of aryl methyl sites for hydroxylation is 1. The fourth-order valence-corrected chi connectivity index (χ4v) is 3.84. The van der Waals surface area contributed by atoms with Crippen LogP contribution in [0.15, 0.2) is 36.4 Å². The minimum absolute atomic E-state index is 0.0642. The predicted octanol–water partition coefficient (Wildman–Crippen LogP) is 4.23. The van der Waals surface area contributed by atoms with Crippen molar-refractivity contribution in [3.05, 3.63) is 47.5 Å². The molecule has 0 spiro atoms. The van der Waals surface area contributed by atoms with Crippen LogP contribution in [0, 0.1) is 5.41 Å². The van der Waals surface area contributed by atoms with Crippen molar-refractivity contribution in [1.29, 1.82) is 0 Å². The smallest absolute Gasteiger partial charge is 0.257 e. The Morgan fingerprint density at radius 1 is 1.32 bits per heavy atom. The van der Waals surface area contributed by atoms with Crippen LogP contribution in [-0.4, -0.2) is 36.1 Å². The molecule has 0 aliphatic carbocycles. The predicted molar refractivity (Wildman–Crippen MR) is 112 cm³/mol. The molecule has 1 aliphatic heterocycles. The Morgan fingerprint density at radius 3 is 2.79 bits per heavy atom. The number of hydrogen-bond donors (Lipinski definition) is 2. The SMILES string of the molecule is CCc1c2c(cc3nc(NC(=O)c4ccccc4)[nH]c13)N(C)CC(C)(C)CO2. The highest BCUT2D eigenvalue weighted by Gasteiger charge is 2.29. The first kappa shape index (κ1) is 18.3. The van der Waals surface area contributed by atoms with E-state index in [9.17, 15) is 4.79 Å². The highest BCUT2D eigenvalue weighted by atomic mass is 16.5. The molecule has 146 valence electrons. The Bertz CT molecular complexity index is 1020. The Morgan fingerprint density at radius 2 is 2.07 bits per heavy atom. The van der Waals surface area contributed by atoms with E-state index in [-0.39, 0.29) is 11.3 Å². The molecule has 2 heterocycles. The van der Waals surface area contributed by atoms with Gasteiger partial charge in [0.2, 0.25) is 5.95 Å². The number of rotatable bonds is 3. The average molecular weight is 378 g/mol. The number of imidazole rings is 1. The summed E-state index contributed by atoms with van der Waals surface area (Å²) in [5.41, 5.74) is 4.54. The molecule has 0 saturated carbocycles. The van der Waals surface area contributed by atoms with Gasteiger partial charge < -0.3 is 14.6 Å². The molecule has 0 bridgehead atoms. The monoisotopic (exact) mass is 378 g/mol. The summed E-state index contributed by atoms with van der Waals surface area (Å²) in [4.78, 5) is 22.6. The highest BCUT2D eigenvalue weighted by Crippen LogP contribution is 2.41. The van der Waals surface area contributed by atoms with Crippen molar-refractivity contribution in [2.45, 2.75) is 27.2 Å². The fraction of sp³-hybridized carbons (Fsp3) is 0.364. The summed E-state index contributed by atoms with van der Waals surface area (Å²) in [7, 11) is 2.09. The van der Waals surface area contributed by atoms with Crippen molar-refractivity contribution in [2.75, 3.05) is 30.4 Å². The van der Waals surface area contributed by atoms with Crippen LogP contribution < -0.4 is 15.0 Å². The maximum Gasteiger partial charge on any atom is 0.257 e. The third-order valence-corrected chi connectivity index (χ3v) is 5.12. The molecule has 1 amide bonds. The van der Waals surface area contributed by atoms with Crippen LogP contribution in [0.5, 0.6) is 5.75 Å². The van der Waals surface area contributed by atoms with Gasteiger partial charge >= 0.3 is 0 Å². The molecule has 3 aromatic rings. The second-order valence-electron chi connectivity index (χ2n) is 8.17. The first-order chi connectivity index (χ1) is 13.4. The number of carbonyl (C=O) groups excluding carboxylic acids is 1. The number of anilines is 2. The van der Waals surface area contributed by atoms with Crippen LogP contribution in [0.4, 0.5) is 11.6 Å². The molecule has 6 nitrogen and oxygen atoms in total. The first-order valence-corrected chi connectivity index (χ1v) is 9.64. The minimum atomic E-state index is -0.186. The van der Waals surface area contributed by atoms with Gasteiger partial charge in [-0.15, -0.1) is 0 Å². The summed E-state index contributed by atoms with van der Waals surface area (Å²) in [5.74, 6) is 1.17. The van der Waals surface area contributed by atoms with Crippen LogP contribution in [0.1, 0.15) is 36.7 Å². The number of carbonyl (C=O) groups is 1. The molecule has 4 rings (SSSR count). The van der Waals surface area contributed by atoms with E-state index in [1.807, 2.05) is 24.3 Å². The largest absolute Gasteiger partial charge is 0.490 e. The summed E-state index contributed by atoms with van der Waals surface area (Å²) >= 11 is 0. The highest BCUT2D eigenvalue weighted by molar-refractivity contribution is 6.04. The number of ether oxygens (including phenoxy) is 1. The molecule has 0 unspecified atom stereocenters. The molecule has 0 radical (unpaired) electrons. The average Bonchev–Trinajstić information content (AvgIpc) is 3.02. The summed E-state index contributed by atoms with van der Waals surface area (Å²) in [5, 5.41) is 2.87. The Kier molecular flexibility index (Phi) is 4.49. The van der Waals surface area contributed by atoms with Crippen LogP contribution in [0.25, 0.3) is 11.0 Å². The van der Waals surface area contributed by atoms with Crippen molar-refractivity contribution in [3.63, 3.8) is 0 Å². The van der Waals surface area contributed by atoms with Crippen molar-refractivity contribution < 1.29 is 9.53 Å². The summed E-state index contributed by atoms with van der Waals surface area (Å²) in [6.45, 7) is 8.09. The minimum Gasteiger partial charge on any atom is -0.490 e. The van der Waals surface area contributed by atoms with Crippen LogP contribution >= 0.6 is 0 Å². The number of nitrogens with one attached hydrogen (secondary N) is 2. The fourth-order valence-electron chi connectivity index (χ4n) is 3.84. The van der Waals surface area contributed by atoms with Gasteiger partial charge in [-0.25, -0.2) is 4.98 Å². The zero-order valence-corrected chi connectivity index (χ0v) is 16.8. The van der Waals surface area contributed by atoms with E-state index in [0.29, 0.717) is 18.1 Å². The van der Waals surface area contributed by atoms with Crippen molar-refractivity contribution in [3.8, 4) is 5.75 Å². The third kappa shape index (κ3) is 3.30. The second kappa shape index (κ2) is 6.86. The number of H-pyrrole nitrogens is 1. The standard InChI is InChI=1S/C22H26N4O2/c1-5-15-18-16(11-17-19(15)28-13-22(2,3)12-26(17)4)23-21(24-18)25-20(27)14-9-7-6-8-10-14/h6-11H,5,12-13H2,1-4H3,(H2,23,24,25,27). The van der Waals surface area contributed by atoms with Gasteiger partial charge in [-0.1, -0.05) is 39.0 Å². The van der Waals surface area contributed by atoms with Gasteiger partial charge in [0.05, 0.1) is 23.3 Å².